The number of hydrogen-bond donors (Lipinski definition) is 0. The molecule has 1 heterocycles. The van der Waals surface area contributed by atoms with E-state index in [0.717, 1.165) is 12.0 Å². The fraction of sp³-hybridized carbons (Fsp3) is 0.562. The Morgan fingerprint density at radius 2 is 1.86 bits per heavy atom. The van der Waals surface area contributed by atoms with Crippen LogP contribution in [-0.2, 0) is 9.31 Å². The predicted molar refractivity (Wildman–Crippen MR) is 78.3 cm³/mol. The summed E-state index contributed by atoms with van der Waals surface area (Å²) in [6, 6.07) is 6.69. The summed E-state index contributed by atoms with van der Waals surface area (Å²) in [5, 5.41) is 8.77. The normalized spacial score (nSPS) is 29.2. The van der Waals surface area contributed by atoms with Gasteiger partial charge in [-0.25, -0.2) is 4.39 Å². The summed E-state index contributed by atoms with van der Waals surface area (Å²) >= 11 is 0. The van der Waals surface area contributed by atoms with Gasteiger partial charge in [-0.3, -0.25) is 0 Å². The number of halogens is 1. The monoisotopic (exact) mass is 287 g/mol. The van der Waals surface area contributed by atoms with Gasteiger partial charge in [0.25, 0.3) is 0 Å². The Kier molecular flexibility index (Phi) is 3.16. The molecule has 1 aliphatic heterocycles. The van der Waals surface area contributed by atoms with Gasteiger partial charge in [-0.15, -0.1) is 0 Å². The lowest BCUT2D eigenvalue weighted by molar-refractivity contribution is 0.00578. The molecule has 0 unspecified atom stereocenters. The molecule has 1 aromatic carbocycles. The van der Waals surface area contributed by atoms with E-state index < -0.39 is 5.82 Å². The minimum Gasteiger partial charge on any atom is -0.403 e. The second-order valence-corrected chi connectivity index (χ2v) is 6.98. The van der Waals surface area contributed by atoms with Gasteiger partial charge in [0.1, 0.15) is 11.9 Å². The molecule has 2 fully saturated rings. The first-order valence-electron chi connectivity index (χ1n) is 7.30. The zero-order valence-corrected chi connectivity index (χ0v) is 12.8. The van der Waals surface area contributed by atoms with Gasteiger partial charge >= 0.3 is 7.12 Å². The maximum atomic E-state index is 13.7. The Morgan fingerprint density at radius 1 is 1.24 bits per heavy atom. The molecule has 1 saturated carbocycles. The molecule has 0 aromatic heterocycles. The first kappa shape index (κ1) is 14.6. The van der Waals surface area contributed by atoms with Crippen molar-refractivity contribution in [1.82, 2.24) is 0 Å². The number of rotatable bonds is 2. The van der Waals surface area contributed by atoms with Crippen LogP contribution in [0.5, 0.6) is 0 Å². The molecular weight excluding hydrogens is 268 g/mol. The van der Waals surface area contributed by atoms with E-state index in [1.54, 1.807) is 6.07 Å². The maximum absolute atomic E-state index is 13.7. The van der Waals surface area contributed by atoms with Crippen molar-refractivity contribution >= 4 is 7.12 Å². The quantitative estimate of drug-likeness (QED) is 0.780. The summed E-state index contributed by atoms with van der Waals surface area (Å²) in [5.41, 5.74) is 0.347. The second kappa shape index (κ2) is 4.56. The molecule has 1 saturated heterocycles. The van der Waals surface area contributed by atoms with Gasteiger partial charge in [0.2, 0.25) is 0 Å². The summed E-state index contributed by atoms with van der Waals surface area (Å²) in [5.74, 6) is 0.0647. The van der Waals surface area contributed by atoms with Crippen LogP contribution < -0.4 is 0 Å². The van der Waals surface area contributed by atoms with E-state index in [9.17, 15) is 4.39 Å². The summed E-state index contributed by atoms with van der Waals surface area (Å²) in [6.07, 6.45) is 0.933. The number of hydrogen-bond acceptors (Lipinski definition) is 3. The molecule has 0 radical (unpaired) electrons. The van der Waals surface area contributed by atoms with Crippen molar-refractivity contribution < 1.29 is 13.7 Å². The first-order valence-corrected chi connectivity index (χ1v) is 7.30. The van der Waals surface area contributed by atoms with E-state index in [4.69, 9.17) is 14.6 Å². The highest BCUT2D eigenvalue weighted by Gasteiger charge is 2.59. The van der Waals surface area contributed by atoms with Crippen molar-refractivity contribution in [2.45, 2.75) is 57.1 Å². The lowest BCUT2D eigenvalue weighted by Crippen LogP contribution is -2.41. The SMILES string of the molecule is CC1(C)OB([C@H]2C[C@@H]2c2ccc(C#N)c(F)c2)OC1(C)C. The zero-order chi connectivity index (χ0) is 15.4. The van der Waals surface area contributed by atoms with Crippen LogP contribution in [-0.4, -0.2) is 18.3 Å². The molecule has 0 N–H and O–H groups in total. The van der Waals surface area contributed by atoms with Crippen LogP contribution in [0, 0.1) is 17.1 Å². The van der Waals surface area contributed by atoms with Gasteiger partial charge in [-0.2, -0.15) is 5.26 Å². The second-order valence-electron chi connectivity index (χ2n) is 6.98. The van der Waals surface area contributed by atoms with Crippen LogP contribution >= 0.6 is 0 Å². The highest BCUT2D eigenvalue weighted by molar-refractivity contribution is 6.49. The van der Waals surface area contributed by atoms with Crippen LogP contribution in [0.1, 0.15) is 51.2 Å². The third kappa shape index (κ3) is 2.37. The number of benzene rings is 1. The Hall–Kier alpha value is -1.38. The van der Waals surface area contributed by atoms with Gasteiger partial charge in [0, 0.05) is 5.82 Å². The van der Waals surface area contributed by atoms with E-state index >= 15 is 0 Å². The van der Waals surface area contributed by atoms with Gasteiger partial charge in [-0.05, 0) is 57.7 Å². The molecule has 2 aliphatic rings. The maximum Gasteiger partial charge on any atom is 0.461 e. The van der Waals surface area contributed by atoms with Crippen molar-refractivity contribution in [3.05, 3.63) is 35.1 Å². The molecule has 110 valence electrons. The molecule has 0 amide bonds. The van der Waals surface area contributed by atoms with Gasteiger partial charge in [0.15, 0.2) is 0 Å². The van der Waals surface area contributed by atoms with Crippen LogP contribution in [0.2, 0.25) is 5.82 Å². The number of nitriles is 1. The average molecular weight is 287 g/mol. The molecule has 0 bridgehead atoms. The van der Waals surface area contributed by atoms with Crippen molar-refractivity contribution in [3.8, 4) is 6.07 Å². The third-order valence-electron chi connectivity index (χ3n) is 5.00. The Bertz CT molecular complexity index is 607. The summed E-state index contributed by atoms with van der Waals surface area (Å²) in [7, 11) is -0.237. The highest BCUT2D eigenvalue weighted by Crippen LogP contribution is 2.58. The average Bonchev–Trinajstić information content (AvgIpc) is 3.13. The van der Waals surface area contributed by atoms with Crippen LogP contribution in [0.4, 0.5) is 4.39 Å². The summed E-state index contributed by atoms with van der Waals surface area (Å²) < 4.78 is 25.8. The fourth-order valence-corrected chi connectivity index (χ4v) is 2.81. The third-order valence-corrected chi connectivity index (χ3v) is 5.00. The molecule has 3 rings (SSSR count). The fourth-order valence-electron chi connectivity index (χ4n) is 2.81. The van der Waals surface area contributed by atoms with Gasteiger partial charge in [-0.1, -0.05) is 6.07 Å². The Labute approximate surface area is 125 Å². The molecule has 3 nitrogen and oxygen atoms in total. The van der Waals surface area contributed by atoms with Crippen LogP contribution in [0.15, 0.2) is 18.2 Å². The topological polar surface area (TPSA) is 42.2 Å². The van der Waals surface area contributed by atoms with E-state index in [1.165, 1.54) is 6.07 Å². The van der Waals surface area contributed by atoms with Crippen molar-refractivity contribution in [1.29, 1.82) is 5.26 Å². The summed E-state index contributed by atoms with van der Waals surface area (Å²) in [4.78, 5) is 0. The molecule has 0 spiro atoms. The van der Waals surface area contributed by atoms with Crippen LogP contribution in [0.25, 0.3) is 0 Å². The molecule has 1 aliphatic carbocycles. The molecule has 1 aromatic rings. The highest BCUT2D eigenvalue weighted by atomic mass is 19.1. The summed E-state index contributed by atoms with van der Waals surface area (Å²) in [6.45, 7) is 8.13. The van der Waals surface area contributed by atoms with E-state index in [1.807, 2.05) is 39.8 Å². The standard InChI is InChI=1S/C16H19BFNO2/c1-15(2)16(3,4)21-17(20-15)13-8-12(13)10-5-6-11(9-19)14(18)7-10/h5-7,12-13H,8H2,1-4H3/t12-,13+/m1/s1. The minimum absolute atomic E-state index is 0.0894. The van der Waals surface area contributed by atoms with E-state index in [0.29, 0.717) is 0 Å². The molecular formula is C16H19BFNO2. The van der Waals surface area contributed by atoms with Crippen LogP contribution in [0.3, 0.4) is 0 Å². The molecule has 2 atom stereocenters. The van der Waals surface area contributed by atoms with Gasteiger partial charge < -0.3 is 9.31 Å². The zero-order valence-electron chi connectivity index (χ0n) is 12.8. The van der Waals surface area contributed by atoms with E-state index in [-0.39, 0.29) is 35.6 Å². The van der Waals surface area contributed by atoms with Crippen molar-refractivity contribution in [2.75, 3.05) is 0 Å². The predicted octanol–water partition coefficient (Wildman–Crippen LogP) is 3.65. The first-order chi connectivity index (χ1) is 9.75. The molecule has 5 heteroatoms. The Morgan fingerprint density at radius 3 is 2.38 bits per heavy atom. The minimum atomic E-state index is -0.449. The van der Waals surface area contributed by atoms with Crippen molar-refractivity contribution in [2.24, 2.45) is 0 Å². The lowest BCUT2D eigenvalue weighted by atomic mass is 9.79. The molecule has 21 heavy (non-hydrogen) atoms. The smallest absolute Gasteiger partial charge is 0.403 e. The largest absolute Gasteiger partial charge is 0.461 e. The van der Waals surface area contributed by atoms with Crippen molar-refractivity contribution in [3.63, 3.8) is 0 Å². The Balaban J connectivity index is 1.73. The lowest BCUT2D eigenvalue weighted by Gasteiger charge is -2.32. The van der Waals surface area contributed by atoms with Gasteiger partial charge in [0.05, 0.1) is 16.8 Å². The van der Waals surface area contributed by atoms with E-state index in [2.05, 4.69) is 0 Å². The number of nitrogens with zero attached hydrogens (tertiary/aromatic N) is 1.